The Bertz CT molecular complexity index is 1100. The van der Waals surface area contributed by atoms with Gasteiger partial charge in [0.25, 0.3) is 0 Å². The molecule has 1 fully saturated rings. The summed E-state index contributed by atoms with van der Waals surface area (Å²) in [6, 6.07) is 14.5. The van der Waals surface area contributed by atoms with Crippen molar-refractivity contribution in [3.05, 3.63) is 54.1 Å². The Labute approximate surface area is 155 Å². The molecule has 0 radical (unpaired) electrons. The Morgan fingerprint density at radius 1 is 1.04 bits per heavy atom. The summed E-state index contributed by atoms with van der Waals surface area (Å²) in [5, 5.41) is 2.56. The van der Waals surface area contributed by atoms with Crippen LogP contribution in [0.1, 0.15) is 25.5 Å². The van der Waals surface area contributed by atoms with Crippen LogP contribution in [-0.4, -0.2) is 26.1 Å². The maximum Gasteiger partial charge on any atom is 0.225 e. The summed E-state index contributed by atoms with van der Waals surface area (Å²) in [6.07, 6.45) is 4.94. The average Bonchev–Trinajstić information content (AvgIpc) is 3.11. The van der Waals surface area contributed by atoms with Crippen LogP contribution < -0.4 is 0 Å². The lowest BCUT2D eigenvalue weighted by Crippen LogP contribution is -2.17. The Morgan fingerprint density at radius 2 is 1.92 bits per heavy atom. The van der Waals surface area contributed by atoms with E-state index >= 15 is 0 Å². The number of benzene rings is 2. The van der Waals surface area contributed by atoms with Crippen molar-refractivity contribution in [1.29, 1.82) is 0 Å². The van der Waals surface area contributed by atoms with Gasteiger partial charge in [-0.05, 0) is 47.7 Å². The minimum Gasteiger partial charge on any atom is -0.358 e. The molecular formula is C20H17ClN4O. The van der Waals surface area contributed by atoms with E-state index in [9.17, 15) is 0 Å². The SMILES string of the molecule is Clc1nc(-c2ccc3ccccc3c2)c2ncn(C3CCCCO3)c2n1. The van der Waals surface area contributed by atoms with Crippen molar-refractivity contribution in [2.75, 3.05) is 6.61 Å². The standard InChI is InChI=1S/C20H17ClN4O/c21-20-23-17(15-9-8-13-5-1-2-6-14(13)11-15)18-19(24-20)25(12-22-18)16-7-3-4-10-26-16/h1-2,5-6,8-9,11-12,16H,3-4,7,10H2. The van der Waals surface area contributed by atoms with Gasteiger partial charge in [-0.1, -0.05) is 36.4 Å². The lowest BCUT2D eigenvalue weighted by atomic mass is 10.0. The van der Waals surface area contributed by atoms with Crippen molar-refractivity contribution < 1.29 is 4.74 Å². The first-order valence-electron chi connectivity index (χ1n) is 8.80. The largest absolute Gasteiger partial charge is 0.358 e. The van der Waals surface area contributed by atoms with Crippen molar-refractivity contribution in [3.8, 4) is 11.3 Å². The maximum atomic E-state index is 6.26. The molecule has 1 unspecified atom stereocenters. The quantitative estimate of drug-likeness (QED) is 0.470. The third-order valence-corrected chi connectivity index (χ3v) is 5.05. The van der Waals surface area contributed by atoms with E-state index < -0.39 is 0 Å². The van der Waals surface area contributed by atoms with Crippen LogP contribution in [0.15, 0.2) is 48.8 Å². The van der Waals surface area contributed by atoms with Gasteiger partial charge >= 0.3 is 0 Å². The molecule has 5 rings (SSSR count). The second kappa shape index (κ2) is 6.34. The number of fused-ring (bicyclic) bond motifs is 2. The van der Waals surface area contributed by atoms with E-state index in [-0.39, 0.29) is 11.5 Å². The zero-order valence-electron chi connectivity index (χ0n) is 14.1. The van der Waals surface area contributed by atoms with Crippen molar-refractivity contribution in [1.82, 2.24) is 19.5 Å². The number of hydrogen-bond acceptors (Lipinski definition) is 4. The first-order chi connectivity index (χ1) is 12.8. The molecule has 1 aliphatic rings. The van der Waals surface area contributed by atoms with Gasteiger partial charge < -0.3 is 4.74 Å². The minimum atomic E-state index is -0.0378. The van der Waals surface area contributed by atoms with Gasteiger partial charge in [-0.15, -0.1) is 0 Å². The number of ether oxygens (including phenoxy) is 1. The smallest absolute Gasteiger partial charge is 0.225 e. The normalized spacial score (nSPS) is 17.8. The van der Waals surface area contributed by atoms with Gasteiger partial charge in [-0.2, -0.15) is 4.98 Å². The second-order valence-corrected chi connectivity index (χ2v) is 6.89. The molecule has 6 heteroatoms. The maximum absolute atomic E-state index is 6.26. The summed E-state index contributed by atoms with van der Waals surface area (Å²) in [5.74, 6) is 0. The number of imidazole rings is 1. The first kappa shape index (κ1) is 15.7. The summed E-state index contributed by atoms with van der Waals surface area (Å²) in [4.78, 5) is 13.5. The summed E-state index contributed by atoms with van der Waals surface area (Å²) in [7, 11) is 0. The number of hydrogen-bond donors (Lipinski definition) is 0. The number of aromatic nitrogens is 4. The lowest BCUT2D eigenvalue weighted by molar-refractivity contribution is -0.0298. The summed E-state index contributed by atoms with van der Waals surface area (Å²) >= 11 is 6.26. The van der Waals surface area contributed by atoms with Crippen LogP contribution in [0, 0.1) is 0 Å². The first-order valence-corrected chi connectivity index (χ1v) is 9.18. The van der Waals surface area contributed by atoms with E-state index in [4.69, 9.17) is 16.3 Å². The predicted molar refractivity (Wildman–Crippen MR) is 102 cm³/mol. The molecule has 1 saturated heterocycles. The monoisotopic (exact) mass is 364 g/mol. The highest BCUT2D eigenvalue weighted by Crippen LogP contribution is 2.32. The molecular weight excluding hydrogens is 348 g/mol. The van der Waals surface area contributed by atoms with Gasteiger partial charge in [0.2, 0.25) is 5.28 Å². The van der Waals surface area contributed by atoms with Crippen molar-refractivity contribution in [2.45, 2.75) is 25.5 Å². The molecule has 0 spiro atoms. The van der Waals surface area contributed by atoms with Crippen LogP contribution in [0.5, 0.6) is 0 Å². The van der Waals surface area contributed by atoms with E-state index in [0.29, 0.717) is 0 Å². The third kappa shape index (κ3) is 2.64. The van der Waals surface area contributed by atoms with E-state index in [2.05, 4.69) is 45.3 Å². The molecule has 0 aliphatic carbocycles. The van der Waals surface area contributed by atoms with E-state index in [1.165, 1.54) is 5.39 Å². The topological polar surface area (TPSA) is 52.8 Å². The van der Waals surface area contributed by atoms with Gasteiger partial charge in [-0.3, -0.25) is 4.57 Å². The molecule has 2 aromatic carbocycles. The summed E-state index contributed by atoms with van der Waals surface area (Å²) in [5.41, 5.74) is 3.20. The van der Waals surface area contributed by atoms with Gasteiger partial charge in [0, 0.05) is 12.2 Å². The third-order valence-electron chi connectivity index (χ3n) is 4.88. The highest BCUT2D eigenvalue weighted by atomic mass is 35.5. The van der Waals surface area contributed by atoms with Crippen molar-refractivity contribution >= 4 is 33.5 Å². The van der Waals surface area contributed by atoms with E-state index in [0.717, 1.165) is 53.7 Å². The van der Waals surface area contributed by atoms with Crippen LogP contribution in [0.3, 0.4) is 0 Å². The molecule has 5 nitrogen and oxygen atoms in total. The predicted octanol–water partition coefficient (Wildman–Crippen LogP) is 5.00. The van der Waals surface area contributed by atoms with Crippen molar-refractivity contribution in [2.24, 2.45) is 0 Å². The number of nitrogens with zero attached hydrogens (tertiary/aromatic N) is 4. The van der Waals surface area contributed by atoms with E-state index in [1.807, 2.05) is 16.7 Å². The summed E-state index contributed by atoms with van der Waals surface area (Å²) in [6.45, 7) is 0.765. The Hall–Kier alpha value is -2.50. The molecule has 26 heavy (non-hydrogen) atoms. The molecule has 1 atom stereocenters. The van der Waals surface area contributed by atoms with Crippen LogP contribution in [0.2, 0.25) is 5.28 Å². The van der Waals surface area contributed by atoms with Crippen LogP contribution >= 0.6 is 11.6 Å². The van der Waals surface area contributed by atoms with Gasteiger partial charge in [0.1, 0.15) is 17.4 Å². The molecule has 1 aliphatic heterocycles. The van der Waals surface area contributed by atoms with Crippen LogP contribution in [-0.2, 0) is 4.74 Å². The fourth-order valence-electron chi connectivity index (χ4n) is 3.58. The summed E-state index contributed by atoms with van der Waals surface area (Å²) < 4.78 is 7.87. The minimum absolute atomic E-state index is 0.0378. The fraction of sp³-hybridized carbons (Fsp3) is 0.250. The molecule has 4 aromatic rings. The molecule has 0 amide bonds. The van der Waals surface area contributed by atoms with Gasteiger partial charge in [0.15, 0.2) is 5.65 Å². The second-order valence-electron chi connectivity index (χ2n) is 6.55. The van der Waals surface area contributed by atoms with Gasteiger partial charge in [0.05, 0.1) is 6.33 Å². The van der Waals surface area contributed by atoms with Crippen LogP contribution in [0.4, 0.5) is 0 Å². The Morgan fingerprint density at radius 3 is 2.77 bits per heavy atom. The molecule has 3 heterocycles. The molecule has 0 N–H and O–H groups in total. The van der Waals surface area contributed by atoms with Crippen LogP contribution in [0.25, 0.3) is 33.2 Å². The molecule has 0 saturated carbocycles. The lowest BCUT2D eigenvalue weighted by Gasteiger charge is -2.23. The van der Waals surface area contributed by atoms with E-state index in [1.54, 1.807) is 6.33 Å². The highest BCUT2D eigenvalue weighted by Gasteiger charge is 2.21. The highest BCUT2D eigenvalue weighted by molar-refractivity contribution is 6.28. The Balaban J connectivity index is 1.68. The number of rotatable bonds is 2. The molecule has 130 valence electrons. The Kier molecular flexibility index (Phi) is 3.84. The molecule has 2 aromatic heterocycles. The average molecular weight is 365 g/mol. The zero-order valence-corrected chi connectivity index (χ0v) is 14.9. The van der Waals surface area contributed by atoms with Crippen molar-refractivity contribution in [3.63, 3.8) is 0 Å². The fourth-order valence-corrected chi connectivity index (χ4v) is 3.75. The number of halogens is 1. The zero-order chi connectivity index (χ0) is 17.5. The molecule has 0 bridgehead atoms. The van der Waals surface area contributed by atoms with Gasteiger partial charge in [-0.25, -0.2) is 9.97 Å².